The second-order valence-corrected chi connectivity index (χ2v) is 6.91. The van der Waals surface area contributed by atoms with Crippen molar-refractivity contribution in [3.63, 3.8) is 0 Å². The predicted octanol–water partition coefficient (Wildman–Crippen LogP) is 3.37. The van der Waals surface area contributed by atoms with Gasteiger partial charge in [0.1, 0.15) is 18.5 Å². The van der Waals surface area contributed by atoms with Crippen molar-refractivity contribution >= 4 is 0 Å². The van der Waals surface area contributed by atoms with Gasteiger partial charge in [-0.3, -0.25) is 9.25 Å². The summed E-state index contributed by atoms with van der Waals surface area (Å²) in [6, 6.07) is 14.4. The standard InChI is InChI=1S/C21H20N6O/c1-3-16(18-6-7-21(22-12-18)26-14-23-24-15-26)11-17(4-1)20-8-9-27(25-20)13-19-5-2-10-28-19/h1,3-4,6-9,11-12,14-15,19H,2,5,10,13H2. The Bertz CT molecular complexity index is 1050. The van der Waals surface area contributed by atoms with E-state index in [1.54, 1.807) is 17.2 Å². The first-order valence-corrected chi connectivity index (χ1v) is 9.42. The third-order valence-corrected chi connectivity index (χ3v) is 4.98. The van der Waals surface area contributed by atoms with Crippen LogP contribution in [0.2, 0.25) is 0 Å². The second-order valence-electron chi connectivity index (χ2n) is 6.91. The highest BCUT2D eigenvalue weighted by Gasteiger charge is 2.16. The smallest absolute Gasteiger partial charge is 0.139 e. The molecule has 4 heterocycles. The number of pyridine rings is 1. The topological polar surface area (TPSA) is 70.7 Å². The molecule has 28 heavy (non-hydrogen) atoms. The number of ether oxygens (including phenoxy) is 1. The molecule has 0 saturated carbocycles. The third kappa shape index (κ3) is 3.44. The molecule has 1 aliphatic rings. The van der Waals surface area contributed by atoms with E-state index in [4.69, 9.17) is 9.84 Å². The van der Waals surface area contributed by atoms with E-state index in [-0.39, 0.29) is 6.10 Å². The van der Waals surface area contributed by atoms with Crippen LogP contribution in [0.25, 0.3) is 28.2 Å². The Morgan fingerprint density at radius 2 is 1.89 bits per heavy atom. The Hall–Kier alpha value is -3.32. The average Bonchev–Trinajstić information content (AvgIpc) is 3.52. The van der Waals surface area contributed by atoms with E-state index in [0.717, 1.165) is 54.2 Å². The summed E-state index contributed by atoms with van der Waals surface area (Å²) in [5, 5.41) is 12.4. The quantitative estimate of drug-likeness (QED) is 0.537. The fourth-order valence-corrected chi connectivity index (χ4v) is 3.50. The molecule has 0 spiro atoms. The number of hydrogen-bond acceptors (Lipinski definition) is 5. The lowest BCUT2D eigenvalue weighted by atomic mass is 10.0. The van der Waals surface area contributed by atoms with Crippen molar-refractivity contribution in [2.45, 2.75) is 25.5 Å². The van der Waals surface area contributed by atoms with Gasteiger partial charge in [-0.15, -0.1) is 10.2 Å². The van der Waals surface area contributed by atoms with Gasteiger partial charge in [0.15, 0.2) is 0 Å². The van der Waals surface area contributed by atoms with E-state index < -0.39 is 0 Å². The molecule has 1 saturated heterocycles. The highest BCUT2D eigenvalue weighted by Crippen LogP contribution is 2.26. The molecule has 1 aromatic carbocycles. The van der Waals surface area contributed by atoms with E-state index in [9.17, 15) is 0 Å². The molecule has 0 amide bonds. The molecule has 7 heteroatoms. The summed E-state index contributed by atoms with van der Waals surface area (Å²) >= 11 is 0. The van der Waals surface area contributed by atoms with Crippen LogP contribution in [0, 0.1) is 0 Å². The molecule has 1 fully saturated rings. The Balaban J connectivity index is 1.37. The van der Waals surface area contributed by atoms with Crippen molar-refractivity contribution in [1.82, 2.24) is 29.5 Å². The second kappa shape index (κ2) is 7.36. The normalized spacial score (nSPS) is 16.5. The highest BCUT2D eigenvalue weighted by molar-refractivity contribution is 5.71. The Morgan fingerprint density at radius 1 is 1.00 bits per heavy atom. The summed E-state index contributed by atoms with van der Waals surface area (Å²) in [4.78, 5) is 4.51. The first-order chi connectivity index (χ1) is 13.8. The molecule has 3 aromatic heterocycles. The monoisotopic (exact) mass is 372 g/mol. The van der Waals surface area contributed by atoms with E-state index in [2.05, 4.69) is 51.6 Å². The van der Waals surface area contributed by atoms with Gasteiger partial charge >= 0.3 is 0 Å². The van der Waals surface area contributed by atoms with Gasteiger partial charge in [0.05, 0.1) is 18.3 Å². The summed E-state index contributed by atoms with van der Waals surface area (Å²) < 4.78 is 9.47. The zero-order valence-corrected chi connectivity index (χ0v) is 15.3. The molecule has 140 valence electrons. The first-order valence-electron chi connectivity index (χ1n) is 9.42. The third-order valence-electron chi connectivity index (χ3n) is 4.98. The molecule has 1 atom stereocenters. The van der Waals surface area contributed by atoms with Crippen molar-refractivity contribution < 1.29 is 4.74 Å². The molecular weight excluding hydrogens is 352 g/mol. The predicted molar refractivity (Wildman–Crippen MR) is 105 cm³/mol. The van der Waals surface area contributed by atoms with Gasteiger partial charge in [-0.2, -0.15) is 5.10 Å². The summed E-state index contributed by atoms with van der Waals surface area (Å²) in [6.45, 7) is 1.68. The first kappa shape index (κ1) is 16.8. The lowest BCUT2D eigenvalue weighted by molar-refractivity contribution is 0.0940. The molecule has 0 radical (unpaired) electrons. The Kier molecular flexibility index (Phi) is 4.42. The van der Waals surface area contributed by atoms with Crippen LogP contribution in [-0.4, -0.2) is 42.2 Å². The van der Waals surface area contributed by atoms with E-state index in [1.807, 2.05) is 23.1 Å². The minimum atomic E-state index is 0.286. The van der Waals surface area contributed by atoms with Crippen LogP contribution in [0.5, 0.6) is 0 Å². The summed E-state index contributed by atoms with van der Waals surface area (Å²) in [6.07, 6.45) is 9.71. The molecule has 1 aliphatic heterocycles. The lowest BCUT2D eigenvalue weighted by Crippen LogP contribution is -2.15. The zero-order valence-electron chi connectivity index (χ0n) is 15.3. The van der Waals surface area contributed by atoms with Crippen LogP contribution in [-0.2, 0) is 11.3 Å². The fourth-order valence-electron chi connectivity index (χ4n) is 3.50. The van der Waals surface area contributed by atoms with E-state index in [0.29, 0.717) is 0 Å². The SMILES string of the molecule is c1cc(-c2ccc(-n3cnnc3)nc2)cc(-c2ccn(CC3CCCO3)n2)c1. The molecule has 5 rings (SSSR count). The number of hydrogen-bond donors (Lipinski definition) is 0. The summed E-state index contributed by atoms with van der Waals surface area (Å²) in [7, 11) is 0. The van der Waals surface area contributed by atoms with Gasteiger partial charge in [-0.25, -0.2) is 4.98 Å². The lowest BCUT2D eigenvalue weighted by Gasteiger charge is -2.09. The molecule has 7 nitrogen and oxygen atoms in total. The maximum atomic E-state index is 5.71. The minimum absolute atomic E-state index is 0.286. The Labute approximate surface area is 162 Å². The average molecular weight is 372 g/mol. The van der Waals surface area contributed by atoms with Crippen LogP contribution in [0.1, 0.15) is 12.8 Å². The van der Waals surface area contributed by atoms with Gasteiger partial charge in [0.2, 0.25) is 0 Å². The molecule has 0 aliphatic carbocycles. The largest absolute Gasteiger partial charge is 0.376 e. The zero-order chi connectivity index (χ0) is 18.8. The van der Waals surface area contributed by atoms with Gasteiger partial charge in [0.25, 0.3) is 0 Å². The summed E-state index contributed by atoms with van der Waals surface area (Å²) in [5.74, 6) is 0.790. The molecule has 1 unspecified atom stereocenters. The van der Waals surface area contributed by atoms with E-state index >= 15 is 0 Å². The summed E-state index contributed by atoms with van der Waals surface area (Å²) in [5.41, 5.74) is 4.21. The minimum Gasteiger partial charge on any atom is -0.376 e. The maximum absolute atomic E-state index is 5.71. The van der Waals surface area contributed by atoms with Crippen LogP contribution in [0.3, 0.4) is 0 Å². The van der Waals surface area contributed by atoms with Crippen molar-refractivity contribution in [2.24, 2.45) is 0 Å². The molecule has 0 N–H and O–H groups in total. The highest BCUT2D eigenvalue weighted by atomic mass is 16.5. The number of aromatic nitrogens is 6. The number of benzene rings is 1. The Morgan fingerprint density at radius 3 is 2.68 bits per heavy atom. The maximum Gasteiger partial charge on any atom is 0.139 e. The molecule has 0 bridgehead atoms. The van der Waals surface area contributed by atoms with Gasteiger partial charge in [0, 0.05) is 30.1 Å². The van der Waals surface area contributed by atoms with Crippen LogP contribution in [0.4, 0.5) is 0 Å². The van der Waals surface area contributed by atoms with Gasteiger partial charge in [-0.1, -0.05) is 18.2 Å². The van der Waals surface area contributed by atoms with Crippen molar-refractivity contribution in [3.8, 4) is 28.2 Å². The van der Waals surface area contributed by atoms with Crippen molar-refractivity contribution in [3.05, 3.63) is 67.5 Å². The van der Waals surface area contributed by atoms with Crippen molar-refractivity contribution in [1.29, 1.82) is 0 Å². The fraction of sp³-hybridized carbons (Fsp3) is 0.238. The van der Waals surface area contributed by atoms with Crippen LogP contribution in [0.15, 0.2) is 67.5 Å². The molecular formula is C21H20N6O. The number of nitrogens with zero attached hydrogens (tertiary/aromatic N) is 6. The van der Waals surface area contributed by atoms with Gasteiger partial charge in [-0.05, 0) is 42.7 Å². The van der Waals surface area contributed by atoms with Crippen LogP contribution >= 0.6 is 0 Å². The van der Waals surface area contributed by atoms with E-state index in [1.165, 1.54) is 0 Å². The molecule has 4 aromatic rings. The van der Waals surface area contributed by atoms with Gasteiger partial charge < -0.3 is 4.74 Å². The van der Waals surface area contributed by atoms with Crippen molar-refractivity contribution in [2.75, 3.05) is 6.61 Å². The van der Waals surface area contributed by atoms with Crippen LogP contribution < -0.4 is 0 Å². The number of rotatable bonds is 5.